The summed E-state index contributed by atoms with van der Waals surface area (Å²) >= 11 is 7.04. The van der Waals surface area contributed by atoms with Crippen LogP contribution in [0.1, 0.15) is 63.8 Å². The van der Waals surface area contributed by atoms with Gasteiger partial charge in [0, 0.05) is 0 Å². The Morgan fingerprint density at radius 3 is 1.15 bits per heavy atom. The molecule has 0 radical (unpaired) electrons. The van der Waals surface area contributed by atoms with Crippen LogP contribution in [0.5, 0.6) is 0 Å². The summed E-state index contributed by atoms with van der Waals surface area (Å²) in [7, 11) is 0. The first-order chi connectivity index (χ1) is 12.4. The number of rotatable bonds is 6. The third kappa shape index (κ3) is 7.68. The van der Waals surface area contributed by atoms with E-state index in [9.17, 15) is 0 Å². The molecule has 3 heteroatoms. The van der Waals surface area contributed by atoms with Gasteiger partial charge in [0.05, 0.1) is 0 Å². The molecule has 0 spiro atoms. The molecule has 148 valence electrons. The molecule has 2 aromatic rings. The Hall–Kier alpha value is -0.0910. The summed E-state index contributed by atoms with van der Waals surface area (Å²) in [4.78, 5) is 0. The van der Waals surface area contributed by atoms with Crippen LogP contribution in [0.15, 0.2) is 48.5 Å². The Bertz CT molecular complexity index is 653. The van der Waals surface area contributed by atoms with E-state index in [0.717, 1.165) is 12.8 Å². The Morgan fingerprint density at radius 2 is 0.889 bits per heavy atom. The van der Waals surface area contributed by atoms with Crippen LogP contribution in [0.3, 0.4) is 0 Å². The molecule has 27 heavy (non-hydrogen) atoms. The van der Waals surface area contributed by atoms with E-state index in [-0.39, 0.29) is 10.8 Å². The van der Waals surface area contributed by atoms with Gasteiger partial charge in [0.15, 0.2) is 0 Å². The number of benzene rings is 2. The van der Waals surface area contributed by atoms with E-state index in [2.05, 4.69) is 121 Å². The molecule has 2 rings (SSSR count). The molecular formula is C24H34PSe2-. The van der Waals surface area contributed by atoms with Gasteiger partial charge in [-0.1, -0.05) is 0 Å². The van der Waals surface area contributed by atoms with E-state index in [1.807, 2.05) is 0 Å². The van der Waals surface area contributed by atoms with Crippen LogP contribution in [0, 0.1) is 0 Å². The zero-order valence-corrected chi connectivity index (χ0v) is 22.0. The second-order valence-corrected chi connectivity index (χ2v) is 24.5. The van der Waals surface area contributed by atoms with Gasteiger partial charge in [-0.25, -0.2) is 0 Å². The molecule has 0 atom stereocenters. The van der Waals surface area contributed by atoms with Crippen molar-refractivity contribution in [3.8, 4) is 0 Å². The fourth-order valence-electron chi connectivity index (χ4n) is 3.05. The Balaban J connectivity index is 1.87. The quantitative estimate of drug-likeness (QED) is 0.318. The van der Waals surface area contributed by atoms with E-state index in [1.165, 1.54) is 34.6 Å². The van der Waals surface area contributed by atoms with Crippen molar-refractivity contribution in [2.45, 2.75) is 65.2 Å². The van der Waals surface area contributed by atoms with Gasteiger partial charge < -0.3 is 0 Å². The van der Waals surface area contributed by atoms with Crippen molar-refractivity contribution in [1.82, 2.24) is 0 Å². The van der Waals surface area contributed by atoms with Crippen LogP contribution in [-0.4, -0.2) is 43.5 Å². The Kier molecular flexibility index (Phi) is 7.86. The van der Waals surface area contributed by atoms with Crippen molar-refractivity contribution in [3.05, 3.63) is 70.8 Å². The summed E-state index contributed by atoms with van der Waals surface area (Å²) in [6.45, 7) is 13.6. The van der Waals surface area contributed by atoms with E-state index in [1.54, 1.807) is 0 Å². The second-order valence-electron chi connectivity index (χ2n) is 9.66. The number of hydrogen-bond acceptors (Lipinski definition) is 0. The molecule has 0 aliphatic heterocycles. The van der Waals surface area contributed by atoms with Crippen molar-refractivity contribution < 1.29 is 0 Å². The number of hydrogen-bond donors (Lipinski definition) is 0. The summed E-state index contributed by atoms with van der Waals surface area (Å²) in [5.74, 6) is 0. The fourth-order valence-corrected chi connectivity index (χ4v) is 6.77. The van der Waals surface area contributed by atoms with Crippen molar-refractivity contribution >= 4 is 35.8 Å². The van der Waals surface area contributed by atoms with Crippen LogP contribution in [0.2, 0.25) is 0 Å². The van der Waals surface area contributed by atoms with E-state index in [4.69, 9.17) is 0 Å². The molecule has 0 N–H and O–H groups in total. The molecule has 0 aliphatic carbocycles. The first-order valence-electron chi connectivity index (χ1n) is 9.85. The SMILES string of the molecule is CC(C)(C)c1ccc(CC[P+]([Se-])([Se-])CCc2ccc(C(C)(C)C)cc2)cc1. The third-order valence-corrected chi connectivity index (χ3v) is 11.5. The van der Waals surface area contributed by atoms with Crippen LogP contribution in [0.25, 0.3) is 0 Å². The first-order valence-corrected chi connectivity index (χ1v) is 16.4. The van der Waals surface area contributed by atoms with Crippen LogP contribution < -0.4 is 0 Å². The minimum absolute atomic E-state index is 0.231. The van der Waals surface area contributed by atoms with Gasteiger partial charge >= 0.3 is 184 Å². The monoisotopic (exact) mass is 513 g/mol. The van der Waals surface area contributed by atoms with Crippen molar-refractivity contribution in [3.63, 3.8) is 0 Å². The van der Waals surface area contributed by atoms with Gasteiger partial charge in [0.2, 0.25) is 0 Å². The van der Waals surface area contributed by atoms with Gasteiger partial charge in [-0.15, -0.1) is 0 Å². The molecule has 0 heterocycles. The molecule has 0 unspecified atom stereocenters. The first kappa shape index (κ1) is 23.2. The standard InChI is InChI=1S/C24H35PSe2/c1-23(2,3)21-11-7-19(8-12-21)15-17-25(26,27)18-16-20-9-13-22(14-10-20)24(4,5)6/h7-14H,15-18H2,1-6H3,(H,26,27)/p-1. The average Bonchev–Trinajstić information content (AvgIpc) is 2.58. The second kappa shape index (κ2) is 9.15. The normalized spacial score (nSPS) is 13.0. The molecule has 0 saturated carbocycles. The summed E-state index contributed by atoms with van der Waals surface area (Å²) in [6.07, 6.45) is 4.78. The molecule has 0 fully saturated rings. The third-order valence-electron chi connectivity index (χ3n) is 5.12. The fraction of sp³-hybridized carbons (Fsp3) is 0.500. The van der Waals surface area contributed by atoms with E-state index in [0.29, 0.717) is 0 Å². The summed E-state index contributed by atoms with van der Waals surface area (Å²) < 4.78 is -1.11. The Morgan fingerprint density at radius 1 is 0.593 bits per heavy atom. The molecule has 0 saturated heterocycles. The van der Waals surface area contributed by atoms with Gasteiger partial charge in [-0.05, 0) is 0 Å². The molecule has 0 bridgehead atoms. The molecule has 0 amide bonds. The predicted molar refractivity (Wildman–Crippen MR) is 126 cm³/mol. The maximum absolute atomic E-state index is 3.52. The van der Waals surface area contributed by atoms with Crippen LogP contribution >= 0.6 is 4.64 Å². The molecule has 0 aromatic heterocycles. The van der Waals surface area contributed by atoms with Crippen molar-refractivity contribution in [2.24, 2.45) is 0 Å². The van der Waals surface area contributed by atoms with Crippen molar-refractivity contribution in [1.29, 1.82) is 0 Å². The van der Waals surface area contributed by atoms with E-state index >= 15 is 0 Å². The van der Waals surface area contributed by atoms with Crippen molar-refractivity contribution in [2.75, 3.05) is 12.3 Å². The topological polar surface area (TPSA) is 0 Å². The molecule has 0 aliphatic rings. The van der Waals surface area contributed by atoms with Gasteiger partial charge in [0.25, 0.3) is 0 Å². The summed E-state index contributed by atoms with van der Waals surface area (Å²) in [6, 6.07) is 18.4. The van der Waals surface area contributed by atoms with Crippen LogP contribution in [0.4, 0.5) is 0 Å². The van der Waals surface area contributed by atoms with Crippen LogP contribution in [-0.2, 0) is 23.7 Å². The Labute approximate surface area is 183 Å². The maximum atomic E-state index is 3.52. The minimum atomic E-state index is -1.11. The molecule has 0 nitrogen and oxygen atoms in total. The molecule has 2 aromatic carbocycles. The van der Waals surface area contributed by atoms with E-state index < -0.39 is 4.64 Å². The molecular weight excluding hydrogens is 477 g/mol. The zero-order chi connectivity index (χ0) is 20.3. The van der Waals surface area contributed by atoms with Gasteiger partial charge in [-0.3, -0.25) is 0 Å². The van der Waals surface area contributed by atoms with Gasteiger partial charge in [0.1, 0.15) is 0 Å². The van der Waals surface area contributed by atoms with Gasteiger partial charge in [-0.2, -0.15) is 0 Å². The summed E-state index contributed by atoms with van der Waals surface area (Å²) in [5.41, 5.74) is 6.19. The summed E-state index contributed by atoms with van der Waals surface area (Å²) in [5, 5.41) is 0. The average molecular weight is 511 g/mol. The zero-order valence-electron chi connectivity index (χ0n) is 17.7. The number of aryl methyl sites for hydroxylation is 2. The predicted octanol–water partition coefficient (Wildman–Crippen LogP) is 6.25.